The molecule has 0 atom stereocenters. The van der Waals surface area contributed by atoms with E-state index in [1.807, 2.05) is 13.8 Å². The molecule has 0 saturated heterocycles. The van der Waals surface area contributed by atoms with Crippen LogP contribution < -0.4 is 0 Å². The lowest BCUT2D eigenvalue weighted by Gasteiger charge is -1.97. The third-order valence-corrected chi connectivity index (χ3v) is 2.06. The first kappa shape index (κ1) is 13.2. The van der Waals surface area contributed by atoms with E-state index in [1.165, 1.54) is 0 Å². The Labute approximate surface area is 92.0 Å². The van der Waals surface area contributed by atoms with Gasteiger partial charge in [-0.1, -0.05) is 12.7 Å². The van der Waals surface area contributed by atoms with E-state index in [0.717, 1.165) is 29.2 Å². The van der Waals surface area contributed by atoms with Gasteiger partial charge in [0.2, 0.25) is 0 Å². The van der Waals surface area contributed by atoms with Gasteiger partial charge in [-0.2, -0.15) is 0 Å². The average Bonchev–Trinajstić information content (AvgIpc) is 2.12. The Morgan fingerprint density at radius 3 is 2.57 bits per heavy atom. The lowest BCUT2D eigenvalue weighted by molar-refractivity contribution is 1.00. The zero-order chi connectivity index (χ0) is 11.0. The van der Waals surface area contributed by atoms with Crippen LogP contribution in [0.25, 0.3) is 0 Å². The van der Waals surface area contributed by atoms with Crippen LogP contribution in [0.4, 0.5) is 0 Å². The molecule has 0 aliphatic carbocycles. The van der Waals surface area contributed by atoms with Crippen molar-refractivity contribution in [2.24, 2.45) is 9.98 Å². The molecule has 78 valence electrons. The van der Waals surface area contributed by atoms with Crippen LogP contribution in [-0.2, 0) is 0 Å². The van der Waals surface area contributed by atoms with Crippen LogP contribution in [0, 0.1) is 0 Å². The molecule has 0 N–H and O–H groups in total. The van der Waals surface area contributed by atoms with Gasteiger partial charge >= 0.3 is 0 Å². The van der Waals surface area contributed by atoms with E-state index in [9.17, 15) is 0 Å². The highest BCUT2D eigenvalue weighted by Crippen LogP contribution is 2.10. The van der Waals surface area contributed by atoms with Crippen molar-refractivity contribution in [2.45, 2.75) is 20.3 Å². The van der Waals surface area contributed by atoms with Crippen molar-refractivity contribution in [3.05, 3.63) is 23.1 Å². The molecule has 0 aromatic carbocycles. The van der Waals surface area contributed by atoms with Crippen LogP contribution in [0.15, 0.2) is 33.1 Å². The number of rotatable bonds is 5. The number of thiol groups is 1. The molecule has 0 aliphatic heterocycles. The summed E-state index contributed by atoms with van der Waals surface area (Å²) in [6, 6.07) is 0. The third kappa shape index (κ3) is 6.66. The van der Waals surface area contributed by atoms with Gasteiger partial charge in [-0.25, -0.2) is 0 Å². The minimum atomic E-state index is 0.788. The van der Waals surface area contributed by atoms with E-state index in [0.29, 0.717) is 0 Å². The Bertz CT molecular complexity index is 275. The first-order chi connectivity index (χ1) is 6.57. The molecule has 0 aromatic rings. The van der Waals surface area contributed by atoms with Crippen LogP contribution >= 0.6 is 12.6 Å². The number of hydrogen-bond donors (Lipinski definition) is 1. The molecule has 0 unspecified atom stereocenters. The van der Waals surface area contributed by atoms with E-state index >= 15 is 0 Å². The van der Waals surface area contributed by atoms with Gasteiger partial charge in [-0.15, -0.1) is 12.6 Å². The molecule has 2 nitrogen and oxygen atoms in total. The summed E-state index contributed by atoms with van der Waals surface area (Å²) in [7, 11) is 1.74. The van der Waals surface area contributed by atoms with Crippen molar-refractivity contribution in [3.8, 4) is 0 Å². The minimum Gasteiger partial charge on any atom is -0.295 e. The van der Waals surface area contributed by atoms with Gasteiger partial charge in [0.25, 0.3) is 0 Å². The molecule has 0 spiro atoms. The Kier molecular flexibility index (Phi) is 7.11. The lowest BCUT2D eigenvalue weighted by Crippen LogP contribution is -1.94. The van der Waals surface area contributed by atoms with Gasteiger partial charge in [-0.05, 0) is 30.7 Å². The van der Waals surface area contributed by atoms with Crippen LogP contribution in [0.5, 0.6) is 0 Å². The van der Waals surface area contributed by atoms with E-state index in [2.05, 4.69) is 35.3 Å². The number of aliphatic imine (C=N–C) groups is 2. The summed E-state index contributed by atoms with van der Waals surface area (Å²) in [6.07, 6.45) is 4.77. The fraction of sp³-hybridized carbons (Fsp3) is 0.455. The summed E-state index contributed by atoms with van der Waals surface area (Å²) in [5.41, 5.74) is 2.08. The molecule has 0 saturated carbocycles. The van der Waals surface area contributed by atoms with Gasteiger partial charge in [0.15, 0.2) is 0 Å². The van der Waals surface area contributed by atoms with E-state index < -0.39 is 0 Å². The third-order valence-electron chi connectivity index (χ3n) is 1.71. The van der Waals surface area contributed by atoms with Crippen molar-refractivity contribution in [3.63, 3.8) is 0 Å². The first-order valence-corrected chi connectivity index (χ1v) is 5.01. The standard InChI is InChI=1S/C11H18N2S/c1-9(11(3)14)6-5-7-13-10(2)8-12-4/h6,8,14H,3,5,7H2,1-2,4H3/b9-6+,12-8-,13-10+. The van der Waals surface area contributed by atoms with E-state index in [1.54, 1.807) is 13.3 Å². The van der Waals surface area contributed by atoms with Gasteiger partial charge in [0.05, 0.1) is 0 Å². The van der Waals surface area contributed by atoms with Gasteiger partial charge in [0.1, 0.15) is 0 Å². The largest absolute Gasteiger partial charge is 0.295 e. The summed E-state index contributed by atoms with van der Waals surface area (Å²) >= 11 is 4.15. The molecule has 0 rings (SSSR count). The van der Waals surface area contributed by atoms with Crippen molar-refractivity contribution < 1.29 is 0 Å². The van der Waals surface area contributed by atoms with Crippen LogP contribution in [0.2, 0.25) is 0 Å². The van der Waals surface area contributed by atoms with Gasteiger partial charge in [-0.3, -0.25) is 9.98 Å². The zero-order valence-electron chi connectivity index (χ0n) is 9.12. The fourth-order valence-electron chi connectivity index (χ4n) is 0.867. The maximum atomic E-state index is 4.31. The molecular weight excluding hydrogens is 192 g/mol. The van der Waals surface area contributed by atoms with E-state index in [-0.39, 0.29) is 0 Å². The molecule has 0 aromatic heterocycles. The average molecular weight is 210 g/mol. The van der Waals surface area contributed by atoms with Gasteiger partial charge < -0.3 is 0 Å². The maximum absolute atomic E-state index is 4.31. The molecule has 0 heterocycles. The minimum absolute atomic E-state index is 0.788. The van der Waals surface area contributed by atoms with Crippen molar-refractivity contribution in [1.29, 1.82) is 0 Å². The Balaban J connectivity index is 3.92. The summed E-state index contributed by atoms with van der Waals surface area (Å²) in [5.74, 6) is 0. The summed E-state index contributed by atoms with van der Waals surface area (Å²) < 4.78 is 0. The monoisotopic (exact) mass is 210 g/mol. The van der Waals surface area contributed by atoms with E-state index in [4.69, 9.17) is 0 Å². The Morgan fingerprint density at radius 2 is 2.07 bits per heavy atom. The van der Waals surface area contributed by atoms with Crippen LogP contribution in [0.3, 0.4) is 0 Å². The summed E-state index contributed by atoms with van der Waals surface area (Å²) in [5, 5.41) is 0. The molecule has 0 aliphatic rings. The van der Waals surface area contributed by atoms with Crippen LogP contribution in [-0.4, -0.2) is 25.5 Å². The quantitative estimate of drug-likeness (QED) is 0.312. The summed E-state index contributed by atoms with van der Waals surface area (Å²) in [6.45, 7) is 8.47. The molecule has 0 radical (unpaired) electrons. The Hall–Kier alpha value is -0.830. The normalized spacial score (nSPS) is 13.7. The van der Waals surface area contributed by atoms with Crippen molar-refractivity contribution in [2.75, 3.05) is 13.6 Å². The molecule has 14 heavy (non-hydrogen) atoms. The van der Waals surface area contributed by atoms with Crippen molar-refractivity contribution in [1.82, 2.24) is 0 Å². The predicted molar refractivity (Wildman–Crippen MR) is 68.9 cm³/mol. The second kappa shape index (κ2) is 7.56. The second-order valence-corrected chi connectivity index (χ2v) is 3.57. The lowest BCUT2D eigenvalue weighted by atomic mass is 10.2. The topological polar surface area (TPSA) is 24.7 Å². The SMILES string of the molecule is C=C(S)/C(C)=C/CC/N=C(C)/C=N\C. The number of hydrogen-bond acceptors (Lipinski definition) is 3. The molecular formula is C11H18N2S. The van der Waals surface area contributed by atoms with Gasteiger partial charge in [0, 0.05) is 25.5 Å². The maximum Gasteiger partial charge on any atom is 0.0495 e. The highest BCUT2D eigenvalue weighted by molar-refractivity contribution is 7.84. The second-order valence-electron chi connectivity index (χ2n) is 3.03. The smallest absolute Gasteiger partial charge is 0.0495 e. The zero-order valence-corrected chi connectivity index (χ0v) is 10.0. The summed E-state index contributed by atoms with van der Waals surface area (Å²) in [4.78, 5) is 9.01. The Morgan fingerprint density at radius 1 is 1.43 bits per heavy atom. The predicted octanol–water partition coefficient (Wildman–Crippen LogP) is 2.93. The first-order valence-electron chi connectivity index (χ1n) is 4.56. The number of nitrogens with zero attached hydrogens (tertiary/aromatic N) is 2. The van der Waals surface area contributed by atoms with Crippen LogP contribution in [0.1, 0.15) is 20.3 Å². The molecule has 0 fully saturated rings. The molecule has 0 bridgehead atoms. The molecule has 3 heteroatoms. The highest BCUT2D eigenvalue weighted by Gasteiger charge is 1.89. The molecule has 0 amide bonds. The van der Waals surface area contributed by atoms with Crippen molar-refractivity contribution >= 4 is 24.6 Å². The highest BCUT2D eigenvalue weighted by atomic mass is 32.1. The number of allylic oxidation sites excluding steroid dienone is 1. The fourth-order valence-corrected chi connectivity index (χ4v) is 0.959.